The van der Waals surface area contributed by atoms with Crippen LogP contribution in [0.25, 0.3) is 11.1 Å². The molecule has 282 valence electrons. The minimum atomic E-state index is -0.905. The zero-order chi connectivity index (χ0) is 37.9. The smallest absolute Gasteiger partial charge is 0.251 e. The SMILES string of the molecule is C[C@H](Cc1ccccc1)NC(=O)c1cc(-c2ccc(Cl)c(CN3O[C@@H](CO)[C@@H]([C@H](C)O)[C@H]3C(=O)NC[C@@H](C)[C@H]3C[C@@H](C)C3(C)C)c2)cc(N(C)C)c1. The van der Waals surface area contributed by atoms with Crippen molar-refractivity contribution in [2.45, 2.75) is 85.2 Å². The van der Waals surface area contributed by atoms with Crippen molar-refractivity contribution in [3.63, 3.8) is 0 Å². The quantitative estimate of drug-likeness (QED) is 0.153. The van der Waals surface area contributed by atoms with E-state index >= 15 is 0 Å². The molecule has 5 rings (SSSR count). The van der Waals surface area contributed by atoms with E-state index in [1.54, 1.807) is 18.1 Å². The fourth-order valence-corrected chi connectivity index (χ4v) is 8.26. The second-order valence-corrected chi connectivity index (χ2v) is 16.4. The predicted octanol–water partition coefficient (Wildman–Crippen LogP) is 6.34. The summed E-state index contributed by atoms with van der Waals surface area (Å²) in [6.45, 7) is 13.0. The number of hydroxylamine groups is 2. The molecule has 0 aromatic heterocycles. The number of amides is 2. The van der Waals surface area contributed by atoms with Crippen molar-refractivity contribution in [2.24, 2.45) is 29.1 Å². The molecule has 1 saturated carbocycles. The standard InChI is InChI=1S/C42H57ClN4O5/c1-25(35-16-26(2)42(35,5)6)22-44-41(51)39-38(28(4)49)37(24-48)52-47(39)23-33-18-30(14-15-36(33)43)31-19-32(21-34(20-31)46(7)8)40(50)45-27(3)17-29-12-10-9-11-13-29/h9-15,18-21,25-28,35,37-39,48-49H,16-17,22-24H2,1-8H3,(H,44,51)(H,45,50)/t25-,26-,27-,28+,35-,37+,38-,39+/m1/s1. The van der Waals surface area contributed by atoms with Gasteiger partial charge in [-0.1, -0.05) is 75.7 Å². The number of hydrogen-bond donors (Lipinski definition) is 4. The van der Waals surface area contributed by atoms with Gasteiger partial charge < -0.3 is 25.7 Å². The van der Waals surface area contributed by atoms with E-state index in [1.807, 2.05) is 74.4 Å². The van der Waals surface area contributed by atoms with E-state index in [2.05, 4.69) is 50.5 Å². The van der Waals surface area contributed by atoms with Crippen LogP contribution in [0.15, 0.2) is 66.7 Å². The van der Waals surface area contributed by atoms with Crippen LogP contribution in [-0.2, 0) is 22.6 Å². The molecular weight excluding hydrogens is 676 g/mol. The molecule has 0 radical (unpaired) electrons. The highest BCUT2D eigenvalue weighted by Crippen LogP contribution is 2.54. The molecule has 0 spiro atoms. The van der Waals surface area contributed by atoms with E-state index < -0.39 is 24.2 Å². The van der Waals surface area contributed by atoms with Gasteiger partial charge in [0.2, 0.25) is 5.91 Å². The zero-order valence-corrected chi connectivity index (χ0v) is 32.7. The van der Waals surface area contributed by atoms with Gasteiger partial charge >= 0.3 is 0 Å². The summed E-state index contributed by atoms with van der Waals surface area (Å²) in [5.41, 5.74) is 5.16. The molecule has 3 aromatic rings. The first kappa shape index (κ1) is 39.7. The normalized spacial score (nSPS) is 24.4. The van der Waals surface area contributed by atoms with Gasteiger partial charge in [-0.2, -0.15) is 5.06 Å². The number of carbonyl (C=O) groups excluding carboxylic acids is 2. The van der Waals surface area contributed by atoms with Crippen LogP contribution >= 0.6 is 11.6 Å². The number of benzene rings is 3. The fourth-order valence-electron chi connectivity index (χ4n) is 8.08. The van der Waals surface area contributed by atoms with Crippen LogP contribution in [0.5, 0.6) is 0 Å². The first-order valence-electron chi connectivity index (χ1n) is 18.6. The molecule has 1 aliphatic heterocycles. The molecule has 2 aliphatic rings. The fraction of sp³-hybridized carbons (Fsp3) is 0.524. The monoisotopic (exact) mass is 732 g/mol. The molecule has 9 nitrogen and oxygen atoms in total. The summed E-state index contributed by atoms with van der Waals surface area (Å²) in [5, 5.41) is 29.4. The van der Waals surface area contributed by atoms with Crippen LogP contribution in [0.2, 0.25) is 5.02 Å². The maximum absolute atomic E-state index is 13.9. The van der Waals surface area contributed by atoms with Gasteiger partial charge in [0.05, 0.1) is 19.3 Å². The van der Waals surface area contributed by atoms with Crippen molar-refractivity contribution in [1.29, 1.82) is 0 Å². The van der Waals surface area contributed by atoms with Crippen molar-refractivity contribution in [3.05, 3.63) is 88.4 Å². The van der Waals surface area contributed by atoms with Gasteiger partial charge in [0.15, 0.2) is 0 Å². The van der Waals surface area contributed by atoms with Crippen LogP contribution in [0.3, 0.4) is 0 Å². The molecule has 0 bridgehead atoms. The maximum atomic E-state index is 13.9. The Bertz CT molecular complexity index is 1700. The Hall–Kier alpha value is -3.47. The van der Waals surface area contributed by atoms with Crippen molar-refractivity contribution in [3.8, 4) is 11.1 Å². The third kappa shape index (κ3) is 8.83. The van der Waals surface area contributed by atoms with Crippen LogP contribution in [-0.4, -0.2) is 78.6 Å². The average molecular weight is 733 g/mol. The van der Waals surface area contributed by atoms with Crippen LogP contribution in [0.4, 0.5) is 5.69 Å². The number of hydrogen-bond acceptors (Lipinski definition) is 7. The van der Waals surface area contributed by atoms with E-state index in [0.717, 1.165) is 35.2 Å². The molecule has 0 unspecified atom stereocenters. The van der Waals surface area contributed by atoms with Crippen LogP contribution in [0, 0.1) is 29.1 Å². The Labute approximate surface area is 314 Å². The lowest BCUT2D eigenvalue weighted by atomic mass is 9.52. The van der Waals surface area contributed by atoms with Gasteiger partial charge in [0, 0.05) is 48.9 Å². The Kier molecular flexibility index (Phi) is 12.7. The number of nitrogens with one attached hydrogen (secondary N) is 2. The molecule has 4 N–H and O–H groups in total. The summed E-state index contributed by atoms with van der Waals surface area (Å²) in [4.78, 5) is 35.6. The van der Waals surface area contributed by atoms with Gasteiger partial charge in [-0.05, 0) is 102 Å². The Morgan fingerprint density at radius 3 is 2.37 bits per heavy atom. The topological polar surface area (TPSA) is 114 Å². The van der Waals surface area contributed by atoms with Gasteiger partial charge in [0.1, 0.15) is 12.1 Å². The molecule has 8 atom stereocenters. The van der Waals surface area contributed by atoms with Crippen molar-refractivity contribution >= 4 is 29.1 Å². The number of rotatable bonds is 14. The van der Waals surface area contributed by atoms with Gasteiger partial charge in [-0.3, -0.25) is 14.4 Å². The molecule has 52 heavy (non-hydrogen) atoms. The molecule has 1 aliphatic carbocycles. The average Bonchev–Trinajstić information content (AvgIpc) is 3.49. The third-order valence-electron chi connectivity index (χ3n) is 11.7. The highest BCUT2D eigenvalue weighted by Gasteiger charge is 2.50. The molecule has 1 saturated heterocycles. The van der Waals surface area contributed by atoms with Crippen molar-refractivity contribution in [2.75, 3.05) is 32.1 Å². The van der Waals surface area contributed by atoms with E-state index in [0.29, 0.717) is 34.5 Å². The summed E-state index contributed by atoms with van der Waals surface area (Å²) in [6, 6.07) is 20.6. The highest BCUT2D eigenvalue weighted by molar-refractivity contribution is 6.31. The van der Waals surface area contributed by atoms with E-state index in [-0.39, 0.29) is 42.3 Å². The predicted molar refractivity (Wildman–Crippen MR) is 208 cm³/mol. The molecule has 2 amide bonds. The summed E-state index contributed by atoms with van der Waals surface area (Å²) in [7, 11) is 3.87. The van der Waals surface area contributed by atoms with E-state index in [9.17, 15) is 19.8 Å². The lowest BCUT2D eigenvalue weighted by Gasteiger charge is -2.53. The Morgan fingerprint density at radius 1 is 1.04 bits per heavy atom. The Balaban J connectivity index is 1.37. The van der Waals surface area contributed by atoms with Gasteiger partial charge in [-0.15, -0.1) is 0 Å². The van der Waals surface area contributed by atoms with E-state index in [4.69, 9.17) is 16.4 Å². The number of anilines is 1. The lowest BCUT2D eigenvalue weighted by molar-refractivity contribution is -0.182. The molecule has 10 heteroatoms. The van der Waals surface area contributed by atoms with E-state index in [1.165, 1.54) is 0 Å². The molecule has 2 fully saturated rings. The van der Waals surface area contributed by atoms with Gasteiger partial charge in [-0.25, -0.2) is 0 Å². The van der Waals surface area contributed by atoms with Crippen LogP contribution < -0.4 is 15.5 Å². The summed E-state index contributed by atoms with van der Waals surface area (Å²) in [5.74, 6) is 0.376. The first-order valence-corrected chi connectivity index (χ1v) is 18.9. The summed E-state index contributed by atoms with van der Waals surface area (Å²) < 4.78 is 0. The van der Waals surface area contributed by atoms with Crippen molar-refractivity contribution < 1.29 is 24.6 Å². The minimum absolute atomic E-state index is 0.0701. The number of aliphatic hydroxyl groups is 2. The maximum Gasteiger partial charge on any atom is 0.251 e. The number of halogens is 1. The largest absolute Gasteiger partial charge is 0.394 e. The molecule has 1 heterocycles. The van der Waals surface area contributed by atoms with Crippen LogP contribution in [0.1, 0.15) is 69.4 Å². The summed E-state index contributed by atoms with van der Waals surface area (Å²) in [6.07, 6.45) is 0.188. The highest BCUT2D eigenvalue weighted by atomic mass is 35.5. The Morgan fingerprint density at radius 2 is 1.75 bits per heavy atom. The third-order valence-corrected chi connectivity index (χ3v) is 12.0. The number of nitrogens with zero attached hydrogens (tertiary/aromatic N) is 2. The zero-order valence-electron chi connectivity index (χ0n) is 31.9. The number of carbonyl (C=O) groups is 2. The lowest BCUT2D eigenvalue weighted by Crippen LogP contribution is -2.52. The minimum Gasteiger partial charge on any atom is -0.394 e. The number of aliphatic hydroxyl groups excluding tert-OH is 2. The van der Waals surface area contributed by atoms with Crippen molar-refractivity contribution in [1.82, 2.24) is 15.7 Å². The molecular formula is C42H57ClN4O5. The van der Waals surface area contributed by atoms with Gasteiger partial charge in [0.25, 0.3) is 5.91 Å². The first-order chi connectivity index (χ1) is 24.6. The second kappa shape index (κ2) is 16.7. The molecule has 3 aromatic carbocycles. The summed E-state index contributed by atoms with van der Waals surface area (Å²) >= 11 is 6.79. The second-order valence-electron chi connectivity index (χ2n) is 16.0.